The molecular weight excluding hydrogens is 432 g/mol. The first-order chi connectivity index (χ1) is 15.3. The number of amides is 1. The number of rotatable bonds is 9. The number of anilines is 1. The molecule has 32 heavy (non-hydrogen) atoms. The maximum Gasteiger partial charge on any atom is 0.240 e. The summed E-state index contributed by atoms with van der Waals surface area (Å²) in [5, 5.41) is 2.96. The highest BCUT2D eigenvalue weighted by Gasteiger charge is 2.35. The number of ether oxygens (including phenoxy) is 3. The summed E-state index contributed by atoms with van der Waals surface area (Å²) in [4.78, 5) is 12.9. The Balaban J connectivity index is 1.81. The van der Waals surface area contributed by atoms with Crippen molar-refractivity contribution in [1.82, 2.24) is 5.32 Å². The van der Waals surface area contributed by atoms with Crippen LogP contribution in [-0.2, 0) is 25.0 Å². The van der Waals surface area contributed by atoms with E-state index in [4.69, 9.17) is 14.2 Å². The quantitative estimate of drug-likeness (QED) is 0.615. The molecule has 0 aliphatic carbocycles. The molecular formula is C23H30N2O6S. The zero-order valence-electron chi connectivity index (χ0n) is 18.7. The van der Waals surface area contributed by atoms with Crippen molar-refractivity contribution in [2.45, 2.75) is 18.3 Å². The predicted molar refractivity (Wildman–Crippen MR) is 123 cm³/mol. The second-order valence-electron chi connectivity index (χ2n) is 7.84. The monoisotopic (exact) mass is 462 g/mol. The zero-order valence-corrected chi connectivity index (χ0v) is 19.5. The molecule has 174 valence electrons. The molecule has 8 nitrogen and oxygen atoms in total. The highest BCUT2D eigenvalue weighted by Crippen LogP contribution is 2.35. The van der Waals surface area contributed by atoms with Crippen LogP contribution in [0.5, 0.6) is 11.5 Å². The summed E-state index contributed by atoms with van der Waals surface area (Å²) in [6.07, 6.45) is 2.61. The minimum atomic E-state index is -3.76. The van der Waals surface area contributed by atoms with Gasteiger partial charge >= 0.3 is 0 Å². The molecule has 2 aromatic carbocycles. The molecule has 0 atom stereocenters. The van der Waals surface area contributed by atoms with Crippen molar-refractivity contribution < 1.29 is 27.4 Å². The van der Waals surface area contributed by atoms with Gasteiger partial charge in [-0.3, -0.25) is 9.10 Å². The largest absolute Gasteiger partial charge is 0.497 e. The number of hydrogen-bond acceptors (Lipinski definition) is 6. The molecule has 3 rings (SSSR count). The molecule has 0 aromatic heterocycles. The van der Waals surface area contributed by atoms with Gasteiger partial charge < -0.3 is 19.5 Å². The van der Waals surface area contributed by atoms with Crippen molar-refractivity contribution in [2.75, 3.05) is 51.1 Å². The Morgan fingerprint density at radius 3 is 2.38 bits per heavy atom. The van der Waals surface area contributed by atoms with Crippen LogP contribution in [0.4, 0.5) is 5.69 Å². The molecule has 0 radical (unpaired) electrons. The van der Waals surface area contributed by atoms with Crippen LogP contribution < -0.4 is 19.1 Å². The van der Waals surface area contributed by atoms with E-state index in [1.54, 1.807) is 12.1 Å². The molecule has 0 spiro atoms. The average molecular weight is 463 g/mol. The summed E-state index contributed by atoms with van der Waals surface area (Å²) in [6, 6.07) is 14.8. The van der Waals surface area contributed by atoms with Crippen LogP contribution in [-0.4, -0.2) is 61.1 Å². The first kappa shape index (κ1) is 23.9. The highest BCUT2D eigenvalue weighted by molar-refractivity contribution is 7.92. The third-order valence-electron chi connectivity index (χ3n) is 5.80. The van der Waals surface area contributed by atoms with Crippen molar-refractivity contribution in [3.63, 3.8) is 0 Å². The van der Waals surface area contributed by atoms with Crippen molar-refractivity contribution in [3.05, 3.63) is 54.1 Å². The van der Waals surface area contributed by atoms with Crippen LogP contribution in [0.15, 0.2) is 48.5 Å². The van der Waals surface area contributed by atoms with E-state index in [2.05, 4.69) is 17.4 Å². The molecule has 0 saturated carbocycles. The first-order valence-electron chi connectivity index (χ1n) is 10.4. The molecule has 1 aliphatic rings. The third-order valence-corrected chi connectivity index (χ3v) is 6.93. The summed E-state index contributed by atoms with van der Waals surface area (Å²) in [7, 11) is -0.833. The van der Waals surface area contributed by atoms with Gasteiger partial charge in [-0.1, -0.05) is 30.3 Å². The van der Waals surface area contributed by atoms with Gasteiger partial charge in [0.25, 0.3) is 0 Å². The van der Waals surface area contributed by atoms with E-state index < -0.39 is 15.9 Å². The molecule has 1 fully saturated rings. The summed E-state index contributed by atoms with van der Waals surface area (Å²) in [6.45, 7) is 1.25. The Morgan fingerprint density at radius 1 is 1.09 bits per heavy atom. The van der Waals surface area contributed by atoms with Crippen molar-refractivity contribution in [2.24, 2.45) is 0 Å². The van der Waals surface area contributed by atoms with Gasteiger partial charge in [-0.25, -0.2) is 8.42 Å². The fraction of sp³-hybridized carbons (Fsp3) is 0.435. The second-order valence-corrected chi connectivity index (χ2v) is 9.75. The Morgan fingerprint density at radius 2 is 1.78 bits per heavy atom. The van der Waals surface area contributed by atoms with Crippen LogP contribution >= 0.6 is 0 Å². The van der Waals surface area contributed by atoms with E-state index in [9.17, 15) is 13.2 Å². The van der Waals surface area contributed by atoms with E-state index >= 15 is 0 Å². The normalized spacial score (nSPS) is 15.6. The minimum absolute atomic E-state index is 0.244. The van der Waals surface area contributed by atoms with E-state index in [-0.39, 0.29) is 17.6 Å². The standard InChI is InChI=1S/C23H30N2O6S/c1-29-19-9-10-21(30-2)20(15-19)25(32(3,27)28)16-22(26)24-17-23(11-13-31-14-12-23)18-7-5-4-6-8-18/h4-10,15H,11-14,16-17H2,1-3H3,(H,24,26). The molecule has 1 aliphatic heterocycles. The van der Waals surface area contributed by atoms with Gasteiger partial charge in [0, 0.05) is 31.2 Å². The summed E-state index contributed by atoms with van der Waals surface area (Å²) in [5.41, 5.74) is 1.13. The van der Waals surface area contributed by atoms with Crippen molar-refractivity contribution in [1.29, 1.82) is 0 Å². The topological polar surface area (TPSA) is 94.2 Å². The Kier molecular flexibility index (Phi) is 7.63. The first-order valence-corrected chi connectivity index (χ1v) is 12.2. The number of nitrogens with zero attached hydrogens (tertiary/aromatic N) is 1. The highest BCUT2D eigenvalue weighted by atomic mass is 32.2. The maximum absolute atomic E-state index is 12.9. The Hall–Kier alpha value is -2.78. The number of carbonyl (C=O) groups excluding carboxylic acids is 1. The molecule has 9 heteroatoms. The lowest BCUT2D eigenvalue weighted by molar-refractivity contribution is -0.120. The van der Waals surface area contributed by atoms with E-state index in [0.29, 0.717) is 31.3 Å². The van der Waals surface area contributed by atoms with Gasteiger partial charge in [0.1, 0.15) is 18.0 Å². The number of carbonyl (C=O) groups is 1. The summed E-state index contributed by atoms with van der Waals surface area (Å²) in [5.74, 6) is 0.386. The number of nitrogens with one attached hydrogen (secondary N) is 1. The SMILES string of the molecule is COc1ccc(OC)c(N(CC(=O)NCC2(c3ccccc3)CCOCC2)S(C)(=O)=O)c1. The number of benzene rings is 2. The second kappa shape index (κ2) is 10.2. The van der Waals surface area contributed by atoms with Gasteiger partial charge in [0.05, 0.1) is 26.2 Å². The van der Waals surface area contributed by atoms with Gasteiger partial charge in [0.2, 0.25) is 15.9 Å². The third kappa shape index (κ3) is 5.52. The number of sulfonamides is 1. The molecule has 1 heterocycles. The molecule has 1 N–H and O–H groups in total. The van der Waals surface area contributed by atoms with Crippen LogP contribution in [0.25, 0.3) is 0 Å². The van der Waals surface area contributed by atoms with Crippen LogP contribution in [0, 0.1) is 0 Å². The van der Waals surface area contributed by atoms with Crippen molar-refractivity contribution >= 4 is 21.6 Å². The lowest BCUT2D eigenvalue weighted by atomic mass is 9.74. The number of hydrogen-bond donors (Lipinski definition) is 1. The van der Waals surface area contributed by atoms with Crippen LogP contribution in [0.1, 0.15) is 18.4 Å². The molecule has 1 amide bonds. The molecule has 2 aromatic rings. The maximum atomic E-state index is 12.9. The van der Waals surface area contributed by atoms with E-state index in [1.807, 2.05) is 18.2 Å². The minimum Gasteiger partial charge on any atom is -0.497 e. The van der Waals surface area contributed by atoms with Crippen LogP contribution in [0.3, 0.4) is 0 Å². The lowest BCUT2D eigenvalue weighted by Crippen LogP contribution is -2.47. The fourth-order valence-electron chi connectivity index (χ4n) is 3.95. The zero-order chi connectivity index (χ0) is 23.2. The summed E-state index contributed by atoms with van der Waals surface area (Å²) >= 11 is 0. The van der Waals surface area contributed by atoms with Gasteiger partial charge in [-0.2, -0.15) is 0 Å². The van der Waals surface area contributed by atoms with Gasteiger partial charge in [0.15, 0.2) is 0 Å². The summed E-state index contributed by atoms with van der Waals surface area (Å²) < 4.78 is 42.2. The van der Waals surface area contributed by atoms with E-state index in [1.165, 1.54) is 20.3 Å². The van der Waals surface area contributed by atoms with Crippen LogP contribution in [0.2, 0.25) is 0 Å². The molecule has 0 unspecified atom stereocenters. The van der Waals surface area contributed by atoms with Gasteiger partial charge in [-0.15, -0.1) is 0 Å². The van der Waals surface area contributed by atoms with Crippen molar-refractivity contribution in [3.8, 4) is 11.5 Å². The predicted octanol–water partition coefficient (Wildman–Crippen LogP) is 2.33. The molecule has 0 bridgehead atoms. The van der Waals surface area contributed by atoms with E-state index in [0.717, 1.165) is 29.0 Å². The fourth-order valence-corrected chi connectivity index (χ4v) is 4.80. The van der Waals surface area contributed by atoms with Gasteiger partial charge in [-0.05, 0) is 30.5 Å². The average Bonchev–Trinajstić information content (AvgIpc) is 2.81. The smallest absolute Gasteiger partial charge is 0.240 e. The lowest BCUT2D eigenvalue weighted by Gasteiger charge is -2.38. The Bertz CT molecular complexity index is 1020. The Labute approximate surface area is 189 Å². The number of methoxy groups -OCH3 is 2. The molecule has 1 saturated heterocycles.